The molecule has 0 atom stereocenters. The van der Waals surface area contributed by atoms with Gasteiger partial charge in [-0.05, 0) is 0 Å². The van der Waals surface area contributed by atoms with Gasteiger partial charge in [0.25, 0.3) is 0 Å². The molecule has 52 valence electrons. The number of rotatable bonds is 2. The zero-order valence-corrected chi connectivity index (χ0v) is 4.57. The van der Waals surface area contributed by atoms with Crippen LogP contribution in [0.15, 0.2) is 0 Å². The number of amides is 2. The van der Waals surface area contributed by atoms with Crippen LogP contribution in [0.4, 0.5) is 4.79 Å². The van der Waals surface area contributed by atoms with Gasteiger partial charge in [0.15, 0.2) is 0 Å². The number of carbonyl (C=O) groups is 2. The first-order valence-corrected chi connectivity index (χ1v) is 2.07. The zero-order valence-electron chi connectivity index (χ0n) is 4.57. The Bertz CT molecular complexity index is 134. The Labute approximate surface area is 51.0 Å². The first-order chi connectivity index (χ1) is 4.04. The monoisotopic (exact) mass is 133 g/mol. The molecule has 0 spiro atoms. The molecule has 9 heavy (non-hydrogen) atoms. The van der Waals surface area contributed by atoms with Crippen molar-refractivity contribution < 1.29 is 14.7 Å². The third-order valence-corrected chi connectivity index (χ3v) is 0.589. The second kappa shape index (κ2) is 2.88. The highest BCUT2D eigenvalue weighted by atomic mass is 16.4. The Kier molecular flexibility index (Phi) is 2.46. The van der Waals surface area contributed by atoms with Crippen LogP contribution in [-0.2, 0) is 4.79 Å². The predicted molar refractivity (Wildman–Crippen MR) is 28.1 cm³/mol. The summed E-state index contributed by atoms with van der Waals surface area (Å²) in [4.78, 5) is 19.8. The molecule has 0 aliphatic heterocycles. The number of hydrazine groups is 1. The van der Waals surface area contributed by atoms with Crippen LogP contribution in [0.3, 0.4) is 0 Å². The molecule has 0 aliphatic rings. The summed E-state index contributed by atoms with van der Waals surface area (Å²) in [6.45, 7) is -0.574. The van der Waals surface area contributed by atoms with Crippen molar-refractivity contribution in [1.29, 1.82) is 0 Å². The fourth-order valence-corrected chi connectivity index (χ4v) is 0.224. The molecular weight excluding hydrogens is 126 g/mol. The number of carboxylic acid groups (broad SMARTS) is 1. The summed E-state index contributed by atoms with van der Waals surface area (Å²) in [5.41, 5.74) is 4.58. The Morgan fingerprint density at radius 1 is 1.56 bits per heavy atom. The van der Waals surface area contributed by atoms with Gasteiger partial charge in [-0.15, -0.1) is 0 Å². The molecular formula is C3H7N3O3. The lowest BCUT2D eigenvalue weighted by molar-refractivity contribution is -0.137. The molecule has 0 aliphatic carbocycles. The van der Waals surface area contributed by atoms with E-state index in [4.69, 9.17) is 10.9 Å². The van der Waals surface area contributed by atoms with E-state index in [1.54, 1.807) is 0 Å². The summed E-state index contributed by atoms with van der Waals surface area (Å²) in [5.74, 6) is 3.60. The lowest BCUT2D eigenvalue weighted by Crippen LogP contribution is -2.44. The summed E-state index contributed by atoms with van der Waals surface area (Å²) in [6.07, 6.45) is 0. The highest BCUT2D eigenvalue weighted by Crippen LogP contribution is 1.74. The topological polar surface area (TPSA) is 110 Å². The quantitative estimate of drug-likeness (QED) is 0.237. The van der Waals surface area contributed by atoms with E-state index in [1.165, 1.54) is 0 Å². The van der Waals surface area contributed by atoms with Crippen LogP contribution in [0.2, 0.25) is 0 Å². The highest BCUT2D eigenvalue weighted by molar-refractivity contribution is 5.78. The Morgan fingerprint density at radius 3 is 2.11 bits per heavy atom. The van der Waals surface area contributed by atoms with E-state index in [9.17, 15) is 9.59 Å². The number of nitrogens with two attached hydrogens (primary N) is 2. The fraction of sp³-hybridized carbons (Fsp3) is 0.333. The van der Waals surface area contributed by atoms with E-state index in [0.29, 0.717) is 5.01 Å². The zero-order chi connectivity index (χ0) is 7.44. The van der Waals surface area contributed by atoms with Crippen LogP contribution >= 0.6 is 0 Å². The molecule has 5 N–H and O–H groups in total. The molecule has 0 saturated heterocycles. The van der Waals surface area contributed by atoms with Gasteiger partial charge < -0.3 is 10.8 Å². The first-order valence-electron chi connectivity index (χ1n) is 2.07. The lowest BCUT2D eigenvalue weighted by Gasteiger charge is -2.08. The van der Waals surface area contributed by atoms with Gasteiger partial charge in [0.05, 0.1) is 0 Å². The van der Waals surface area contributed by atoms with Gasteiger partial charge in [-0.3, -0.25) is 9.80 Å². The van der Waals surface area contributed by atoms with E-state index in [0.717, 1.165) is 0 Å². The smallest absolute Gasteiger partial charge is 0.329 e. The predicted octanol–water partition coefficient (Wildman–Crippen LogP) is -1.67. The van der Waals surface area contributed by atoms with Crippen molar-refractivity contribution in [2.45, 2.75) is 0 Å². The normalized spacial score (nSPS) is 8.56. The third-order valence-electron chi connectivity index (χ3n) is 0.589. The minimum Gasteiger partial charge on any atom is -0.480 e. The van der Waals surface area contributed by atoms with Crippen molar-refractivity contribution in [3.8, 4) is 0 Å². The molecule has 0 aromatic heterocycles. The molecule has 0 fully saturated rings. The lowest BCUT2D eigenvalue weighted by atomic mass is 10.6. The van der Waals surface area contributed by atoms with Crippen molar-refractivity contribution in [3.63, 3.8) is 0 Å². The number of nitrogens with zero attached hydrogens (tertiary/aromatic N) is 1. The van der Waals surface area contributed by atoms with Gasteiger partial charge in [-0.25, -0.2) is 10.6 Å². The second-order valence-corrected chi connectivity index (χ2v) is 1.36. The molecule has 0 aromatic rings. The summed E-state index contributed by atoms with van der Waals surface area (Å²) in [6, 6.07) is -0.961. The number of primary amides is 1. The average molecular weight is 133 g/mol. The molecule has 0 radical (unpaired) electrons. The van der Waals surface area contributed by atoms with Crippen molar-refractivity contribution in [2.24, 2.45) is 11.6 Å². The van der Waals surface area contributed by atoms with Crippen LogP contribution in [0.25, 0.3) is 0 Å². The number of hydrogen-bond acceptors (Lipinski definition) is 3. The number of hydrogen-bond donors (Lipinski definition) is 3. The SMILES string of the molecule is NC(=O)N(N)CC(=O)O. The molecule has 0 saturated carbocycles. The second-order valence-electron chi connectivity index (χ2n) is 1.36. The number of carbonyl (C=O) groups excluding carboxylic acids is 1. The third kappa shape index (κ3) is 3.30. The Hall–Kier alpha value is -1.30. The van der Waals surface area contributed by atoms with E-state index in [-0.39, 0.29) is 0 Å². The minimum absolute atomic E-state index is 0.405. The van der Waals surface area contributed by atoms with Gasteiger partial charge in [0.2, 0.25) is 0 Å². The van der Waals surface area contributed by atoms with Crippen LogP contribution in [0, 0.1) is 0 Å². The maximum absolute atomic E-state index is 9.99. The number of carboxylic acids is 1. The van der Waals surface area contributed by atoms with Gasteiger partial charge in [-0.2, -0.15) is 0 Å². The molecule has 6 heteroatoms. The highest BCUT2D eigenvalue weighted by Gasteiger charge is 2.06. The largest absolute Gasteiger partial charge is 0.480 e. The van der Waals surface area contributed by atoms with Gasteiger partial charge in [0.1, 0.15) is 6.54 Å². The summed E-state index contributed by atoms with van der Waals surface area (Å²) < 4.78 is 0. The van der Waals surface area contributed by atoms with E-state index < -0.39 is 18.5 Å². The van der Waals surface area contributed by atoms with E-state index in [1.807, 2.05) is 0 Å². The summed E-state index contributed by atoms with van der Waals surface area (Å²) in [7, 11) is 0. The molecule has 0 heterocycles. The molecule has 0 rings (SSSR count). The fourth-order valence-electron chi connectivity index (χ4n) is 0.224. The molecule has 6 nitrogen and oxygen atoms in total. The number of urea groups is 1. The Morgan fingerprint density at radius 2 is 2.00 bits per heavy atom. The average Bonchev–Trinajstić information content (AvgIpc) is 1.63. The van der Waals surface area contributed by atoms with Gasteiger partial charge in [-0.1, -0.05) is 0 Å². The molecule has 0 unspecified atom stereocenters. The summed E-state index contributed by atoms with van der Waals surface area (Å²) in [5, 5.41) is 8.41. The van der Waals surface area contributed by atoms with Crippen molar-refractivity contribution in [2.75, 3.05) is 6.54 Å². The number of aliphatic carboxylic acids is 1. The molecule has 0 bridgehead atoms. The van der Waals surface area contributed by atoms with Crippen LogP contribution in [0.1, 0.15) is 0 Å². The van der Waals surface area contributed by atoms with Crippen molar-refractivity contribution in [1.82, 2.24) is 5.01 Å². The van der Waals surface area contributed by atoms with Gasteiger partial charge >= 0.3 is 12.0 Å². The maximum atomic E-state index is 9.99. The van der Waals surface area contributed by atoms with Crippen LogP contribution < -0.4 is 11.6 Å². The van der Waals surface area contributed by atoms with Crippen molar-refractivity contribution in [3.05, 3.63) is 0 Å². The summed E-state index contributed by atoms with van der Waals surface area (Å²) >= 11 is 0. The standard InChI is InChI=1S/C3H7N3O3/c4-3(9)6(5)1-2(7)8/h1,5H2,(H2,4,9)(H,7,8). The van der Waals surface area contributed by atoms with Gasteiger partial charge in [0, 0.05) is 0 Å². The van der Waals surface area contributed by atoms with Crippen LogP contribution in [-0.4, -0.2) is 28.7 Å². The molecule has 2 amide bonds. The van der Waals surface area contributed by atoms with Crippen molar-refractivity contribution >= 4 is 12.0 Å². The van der Waals surface area contributed by atoms with E-state index >= 15 is 0 Å². The first kappa shape index (κ1) is 7.70. The maximum Gasteiger partial charge on any atom is 0.329 e. The van der Waals surface area contributed by atoms with E-state index in [2.05, 4.69) is 5.73 Å². The minimum atomic E-state index is -1.20. The molecule has 0 aromatic carbocycles. The Balaban J connectivity index is 3.63. The van der Waals surface area contributed by atoms with Crippen LogP contribution in [0.5, 0.6) is 0 Å².